The zero-order valence-electron chi connectivity index (χ0n) is 8.59. The SMILES string of the molecule is CC(O)/C=C1/CC(C)(C)CC1C. The monoisotopic (exact) mass is 168 g/mol. The van der Waals surface area contributed by atoms with Crippen LogP contribution in [0.5, 0.6) is 0 Å². The molecule has 1 nitrogen and oxygen atoms in total. The van der Waals surface area contributed by atoms with Crippen molar-refractivity contribution in [1.29, 1.82) is 0 Å². The number of aliphatic hydroxyl groups excluding tert-OH is 1. The molecule has 0 aromatic carbocycles. The molecule has 0 bridgehead atoms. The normalized spacial score (nSPS) is 34.1. The molecule has 2 unspecified atom stereocenters. The molecule has 0 amide bonds. The molecule has 1 aliphatic carbocycles. The molecule has 70 valence electrons. The third-order valence-corrected chi connectivity index (χ3v) is 2.63. The molecule has 0 saturated heterocycles. The highest BCUT2D eigenvalue weighted by Crippen LogP contribution is 2.44. The minimum atomic E-state index is -0.281. The first-order chi connectivity index (χ1) is 5.41. The summed E-state index contributed by atoms with van der Waals surface area (Å²) in [5.41, 5.74) is 1.88. The van der Waals surface area contributed by atoms with Gasteiger partial charge in [0.2, 0.25) is 0 Å². The molecule has 1 heteroatoms. The van der Waals surface area contributed by atoms with Gasteiger partial charge in [0.15, 0.2) is 0 Å². The molecule has 1 saturated carbocycles. The summed E-state index contributed by atoms with van der Waals surface area (Å²) in [6, 6.07) is 0. The van der Waals surface area contributed by atoms with Gasteiger partial charge in [0, 0.05) is 0 Å². The Balaban J connectivity index is 2.70. The fraction of sp³-hybridized carbons (Fsp3) is 0.818. The Morgan fingerprint density at radius 3 is 2.50 bits per heavy atom. The summed E-state index contributed by atoms with van der Waals surface area (Å²) in [7, 11) is 0. The molecular weight excluding hydrogens is 148 g/mol. The maximum absolute atomic E-state index is 9.22. The summed E-state index contributed by atoms with van der Waals surface area (Å²) in [5.74, 6) is 0.662. The summed E-state index contributed by atoms with van der Waals surface area (Å²) in [6.07, 6.45) is 4.14. The highest BCUT2D eigenvalue weighted by molar-refractivity contribution is 5.15. The van der Waals surface area contributed by atoms with Crippen molar-refractivity contribution in [3.05, 3.63) is 11.6 Å². The first-order valence-corrected chi connectivity index (χ1v) is 4.79. The minimum Gasteiger partial charge on any atom is -0.389 e. The van der Waals surface area contributed by atoms with Gasteiger partial charge in [0.25, 0.3) is 0 Å². The Bertz CT molecular complexity index is 189. The van der Waals surface area contributed by atoms with Crippen molar-refractivity contribution in [1.82, 2.24) is 0 Å². The van der Waals surface area contributed by atoms with E-state index in [4.69, 9.17) is 0 Å². The van der Waals surface area contributed by atoms with Crippen LogP contribution in [0.2, 0.25) is 0 Å². The van der Waals surface area contributed by atoms with Crippen LogP contribution in [0.25, 0.3) is 0 Å². The van der Waals surface area contributed by atoms with Crippen LogP contribution in [0.4, 0.5) is 0 Å². The van der Waals surface area contributed by atoms with E-state index in [9.17, 15) is 5.11 Å². The van der Waals surface area contributed by atoms with Gasteiger partial charge in [-0.15, -0.1) is 0 Å². The summed E-state index contributed by atoms with van der Waals surface area (Å²) in [6.45, 7) is 8.67. The van der Waals surface area contributed by atoms with Gasteiger partial charge >= 0.3 is 0 Å². The zero-order valence-corrected chi connectivity index (χ0v) is 8.59. The van der Waals surface area contributed by atoms with Crippen LogP contribution in [-0.4, -0.2) is 11.2 Å². The van der Waals surface area contributed by atoms with Crippen molar-refractivity contribution in [3.8, 4) is 0 Å². The van der Waals surface area contributed by atoms with Gasteiger partial charge in [0.05, 0.1) is 6.10 Å². The maximum atomic E-state index is 9.22. The quantitative estimate of drug-likeness (QED) is 0.597. The Hall–Kier alpha value is -0.300. The van der Waals surface area contributed by atoms with Crippen molar-refractivity contribution in [2.75, 3.05) is 0 Å². The van der Waals surface area contributed by atoms with E-state index < -0.39 is 0 Å². The fourth-order valence-electron chi connectivity index (χ4n) is 2.29. The molecule has 1 rings (SSSR count). The summed E-state index contributed by atoms with van der Waals surface area (Å²) < 4.78 is 0. The predicted molar refractivity (Wildman–Crippen MR) is 51.9 cm³/mol. The van der Waals surface area contributed by atoms with Crippen molar-refractivity contribution < 1.29 is 5.11 Å². The van der Waals surface area contributed by atoms with Crippen LogP contribution >= 0.6 is 0 Å². The van der Waals surface area contributed by atoms with Gasteiger partial charge in [-0.05, 0) is 31.1 Å². The standard InChI is InChI=1S/C11H20O/c1-8-6-11(3,4)7-10(8)5-9(2)12/h5,8-9,12H,6-7H2,1-4H3/b10-5-. The van der Waals surface area contributed by atoms with Crippen molar-refractivity contribution in [2.24, 2.45) is 11.3 Å². The molecule has 12 heavy (non-hydrogen) atoms. The van der Waals surface area contributed by atoms with Crippen molar-refractivity contribution >= 4 is 0 Å². The fourth-order valence-corrected chi connectivity index (χ4v) is 2.29. The molecule has 1 aliphatic rings. The topological polar surface area (TPSA) is 20.2 Å². The Kier molecular flexibility index (Phi) is 2.62. The van der Waals surface area contributed by atoms with Crippen molar-refractivity contribution in [3.63, 3.8) is 0 Å². The maximum Gasteiger partial charge on any atom is 0.0695 e. The van der Waals surface area contributed by atoms with Crippen LogP contribution in [0.3, 0.4) is 0 Å². The third kappa shape index (κ3) is 2.34. The molecule has 0 aromatic heterocycles. The number of aliphatic hydroxyl groups is 1. The second kappa shape index (κ2) is 3.21. The molecule has 0 aliphatic heterocycles. The van der Waals surface area contributed by atoms with E-state index in [1.165, 1.54) is 12.0 Å². The van der Waals surface area contributed by atoms with E-state index in [1.807, 2.05) is 13.0 Å². The highest BCUT2D eigenvalue weighted by atomic mass is 16.3. The first kappa shape index (κ1) is 9.79. The molecule has 2 atom stereocenters. The number of hydrogen-bond acceptors (Lipinski definition) is 1. The van der Waals surface area contributed by atoms with Gasteiger partial charge in [-0.2, -0.15) is 0 Å². The summed E-state index contributed by atoms with van der Waals surface area (Å²) >= 11 is 0. The molecule has 1 fully saturated rings. The van der Waals surface area contributed by atoms with Gasteiger partial charge in [-0.1, -0.05) is 32.4 Å². The average Bonchev–Trinajstić information content (AvgIpc) is 2.03. The number of rotatable bonds is 1. The van der Waals surface area contributed by atoms with Gasteiger partial charge in [-0.25, -0.2) is 0 Å². The smallest absolute Gasteiger partial charge is 0.0695 e. The molecule has 0 heterocycles. The molecule has 1 N–H and O–H groups in total. The lowest BCUT2D eigenvalue weighted by molar-refractivity contribution is 0.242. The van der Waals surface area contributed by atoms with Gasteiger partial charge < -0.3 is 5.11 Å². The second-order valence-electron chi connectivity index (χ2n) is 4.93. The lowest BCUT2D eigenvalue weighted by atomic mass is 9.91. The van der Waals surface area contributed by atoms with E-state index >= 15 is 0 Å². The largest absolute Gasteiger partial charge is 0.389 e. The van der Waals surface area contributed by atoms with Crippen LogP contribution in [0.1, 0.15) is 40.5 Å². The summed E-state index contributed by atoms with van der Waals surface area (Å²) in [4.78, 5) is 0. The Labute approximate surface area is 75.5 Å². The van der Waals surface area contributed by atoms with Gasteiger partial charge in [-0.3, -0.25) is 0 Å². The minimum absolute atomic E-state index is 0.281. The Morgan fingerprint density at radius 1 is 1.58 bits per heavy atom. The van der Waals surface area contributed by atoms with E-state index in [0.29, 0.717) is 11.3 Å². The van der Waals surface area contributed by atoms with Crippen molar-refractivity contribution in [2.45, 2.75) is 46.6 Å². The van der Waals surface area contributed by atoms with Crippen LogP contribution in [0.15, 0.2) is 11.6 Å². The second-order valence-corrected chi connectivity index (χ2v) is 4.93. The lowest BCUT2D eigenvalue weighted by Gasteiger charge is -2.14. The zero-order chi connectivity index (χ0) is 9.35. The number of hydrogen-bond donors (Lipinski definition) is 1. The molecular formula is C11H20O. The first-order valence-electron chi connectivity index (χ1n) is 4.79. The van der Waals surface area contributed by atoms with E-state index in [1.54, 1.807) is 0 Å². The van der Waals surface area contributed by atoms with E-state index in [0.717, 1.165) is 6.42 Å². The molecule has 0 aromatic rings. The average molecular weight is 168 g/mol. The molecule has 0 spiro atoms. The third-order valence-electron chi connectivity index (χ3n) is 2.63. The molecule has 0 radical (unpaired) electrons. The Morgan fingerprint density at radius 2 is 2.17 bits per heavy atom. The van der Waals surface area contributed by atoms with Crippen LogP contribution in [-0.2, 0) is 0 Å². The lowest BCUT2D eigenvalue weighted by Crippen LogP contribution is -2.03. The van der Waals surface area contributed by atoms with Gasteiger partial charge in [0.1, 0.15) is 0 Å². The van der Waals surface area contributed by atoms with Crippen LogP contribution in [0, 0.1) is 11.3 Å². The van der Waals surface area contributed by atoms with E-state index in [-0.39, 0.29) is 6.10 Å². The van der Waals surface area contributed by atoms with E-state index in [2.05, 4.69) is 20.8 Å². The number of allylic oxidation sites excluding steroid dienone is 1. The summed E-state index contributed by atoms with van der Waals surface area (Å²) in [5, 5.41) is 9.22. The predicted octanol–water partition coefficient (Wildman–Crippen LogP) is 2.75. The van der Waals surface area contributed by atoms with Crippen LogP contribution < -0.4 is 0 Å². The highest BCUT2D eigenvalue weighted by Gasteiger charge is 2.32.